The van der Waals surface area contributed by atoms with Crippen molar-refractivity contribution in [1.29, 1.82) is 0 Å². The number of hydrogen-bond donors (Lipinski definition) is 1. The molecule has 0 aromatic rings. The predicted molar refractivity (Wildman–Crippen MR) is 96.6 cm³/mol. The number of methoxy groups -OCH3 is 1. The Kier molecular flexibility index (Phi) is 9.93. The Balaban J connectivity index is 0.00000529. The van der Waals surface area contributed by atoms with Gasteiger partial charge in [0, 0.05) is 33.2 Å². The Bertz CT molecular complexity index is 435. The summed E-state index contributed by atoms with van der Waals surface area (Å²) in [4.78, 5) is 19.0. The van der Waals surface area contributed by atoms with E-state index in [9.17, 15) is 18.0 Å². The van der Waals surface area contributed by atoms with Crippen molar-refractivity contribution >= 4 is 35.9 Å². The molecule has 0 saturated carbocycles. The number of halogens is 4. The molecule has 142 valence electrons. The summed E-state index contributed by atoms with van der Waals surface area (Å²) in [5.41, 5.74) is 0. The predicted octanol–water partition coefficient (Wildman–Crippen LogP) is 1.41. The van der Waals surface area contributed by atoms with Gasteiger partial charge in [-0.1, -0.05) is 6.92 Å². The molecule has 1 fully saturated rings. The van der Waals surface area contributed by atoms with Crippen molar-refractivity contribution in [1.82, 2.24) is 15.1 Å². The zero-order valence-corrected chi connectivity index (χ0v) is 16.7. The lowest BCUT2D eigenvalue weighted by atomic mass is 9.99. The second-order valence-corrected chi connectivity index (χ2v) is 5.84. The maximum absolute atomic E-state index is 12.3. The van der Waals surface area contributed by atoms with Crippen LogP contribution >= 0.6 is 24.0 Å². The van der Waals surface area contributed by atoms with Crippen molar-refractivity contribution in [3.8, 4) is 0 Å². The Morgan fingerprint density at radius 3 is 2.54 bits per heavy atom. The molecular weight excluding hydrogens is 440 g/mol. The molecule has 0 amide bonds. The quantitative estimate of drug-likeness (QED) is 0.288. The average Bonchev–Trinajstić information content (AvgIpc) is 2.82. The second kappa shape index (κ2) is 10.3. The lowest BCUT2D eigenvalue weighted by Crippen LogP contribution is -2.44. The van der Waals surface area contributed by atoms with E-state index < -0.39 is 12.7 Å². The molecule has 0 aliphatic carbocycles. The van der Waals surface area contributed by atoms with Crippen LogP contribution in [-0.2, 0) is 9.53 Å². The van der Waals surface area contributed by atoms with E-state index in [0.717, 1.165) is 0 Å². The largest absolute Gasteiger partial charge is 0.469 e. The SMILES string of the molecule is CN=C(NCCN(C)CC(F)(F)F)N1CC(C)C(C(=O)OC)C1.I. The van der Waals surface area contributed by atoms with Crippen molar-refractivity contribution in [2.45, 2.75) is 13.1 Å². The Morgan fingerprint density at radius 1 is 1.42 bits per heavy atom. The summed E-state index contributed by atoms with van der Waals surface area (Å²) in [6.45, 7) is 2.74. The standard InChI is InChI=1S/C14H25F3N4O2.HI/c1-10-7-21(8-11(10)12(22)23-4)13(18-2)19-5-6-20(3)9-14(15,16)17;/h10-11H,5-9H2,1-4H3,(H,18,19);1H. The minimum atomic E-state index is -4.20. The highest BCUT2D eigenvalue weighted by molar-refractivity contribution is 14.0. The number of hydrogen-bond acceptors (Lipinski definition) is 4. The molecule has 1 rings (SSSR count). The van der Waals surface area contributed by atoms with Crippen molar-refractivity contribution in [3.63, 3.8) is 0 Å². The molecule has 1 heterocycles. The summed E-state index contributed by atoms with van der Waals surface area (Å²) in [7, 11) is 4.39. The van der Waals surface area contributed by atoms with E-state index >= 15 is 0 Å². The van der Waals surface area contributed by atoms with E-state index in [1.807, 2.05) is 11.8 Å². The van der Waals surface area contributed by atoms with Gasteiger partial charge in [-0.15, -0.1) is 24.0 Å². The van der Waals surface area contributed by atoms with Crippen LogP contribution in [0.5, 0.6) is 0 Å². The van der Waals surface area contributed by atoms with E-state index in [1.54, 1.807) is 7.05 Å². The molecule has 2 atom stereocenters. The molecule has 0 bridgehead atoms. The molecule has 10 heteroatoms. The van der Waals surface area contributed by atoms with E-state index in [2.05, 4.69) is 10.3 Å². The Labute approximate surface area is 157 Å². The summed E-state index contributed by atoms with van der Waals surface area (Å²) < 4.78 is 41.6. The van der Waals surface area contributed by atoms with Gasteiger partial charge in [0.2, 0.25) is 0 Å². The number of aliphatic imine (C=N–C) groups is 1. The number of carbonyl (C=O) groups is 1. The number of guanidine groups is 1. The lowest BCUT2D eigenvalue weighted by molar-refractivity contribution is -0.146. The van der Waals surface area contributed by atoms with Crippen molar-refractivity contribution in [2.75, 3.05) is 53.9 Å². The third-order valence-electron chi connectivity index (χ3n) is 3.85. The van der Waals surface area contributed by atoms with Gasteiger partial charge in [-0.05, 0) is 13.0 Å². The van der Waals surface area contributed by atoms with Crippen LogP contribution in [0.1, 0.15) is 6.92 Å². The van der Waals surface area contributed by atoms with Crippen LogP contribution in [0.3, 0.4) is 0 Å². The third kappa shape index (κ3) is 7.41. The van der Waals surface area contributed by atoms with Gasteiger partial charge in [0.15, 0.2) is 5.96 Å². The van der Waals surface area contributed by atoms with Gasteiger partial charge < -0.3 is 15.0 Å². The fraction of sp³-hybridized carbons (Fsp3) is 0.857. The highest BCUT2D eigenvalue weighted by Gasteiger charge is 2.36. The topological polar surface area (TPSA) is 57.2 Å². The number of carbonyl (C=O) groups excluding carboxylic acids is 1. The maximum atomic E-state index is 12.3. The van der Waals surface area contributed by atoms with Gasteiger partial charge in [-0.3, -0.25) is 14.7 Å². The number of alkyl halides is 3. The van der Waals surface area contributed by atoms with Crippen LogP contribution in [0.25, 0.3) is 0 Å². The van der Waals surface area contributed by atoms with Crippen molar-refractivity contribution < 1.29 is 22.7 Å². The normalized spacial score (nSPS) is 21.7. The smallest absolute Gasteiger partial charge is 0.401 e. The van der Waals surface area contributed by atoms with Gasteiger partial charge in [0.05, 0.1) is 19.6 Å². The number of likely N-dealkylation sites (N-methyl/N-ethyl adjacent to an activating group) is 1. The summed E-state index contributed by atoms with van der Waals surface area (Å²) >= 11 is 0. The molecule has 1 aliphatic rings. The van der Waals surface area contributed by atoms with E-state index in [0.29, 0.717) is 25.6 Å². The van der Waals surface area contributed by atoms with Gasteiger partial charge >= 0.3 is 12.1 Å². The molecule has 0 aromatic heterocycles. The first kappa shape index (κ1) is 23.2. The van der Waals surface area contributed by atoms with E-state index in [-0.39, 0.29) is 48.3 Å². The molecule has 1 aliphatic heterocycles. The fourth-order valence-corrected chi connectivity index (χ4v) is 2.67. The zero-order valence-electron chi connectivity index (χ0n) is 14.4. The van der Waals surface area contributed by atoms with Gasteiger partial charge in [0.25, 0.3) is 0 Å². The number of rotatable bonds is 5. The van der Waals surface area contributed by atoms with Crippen LogP contribution in [-0.4, -0.2) is 81.8 Å². The first-order valence-electron chi connectivity index (χ1n) is 7.46. The van der Waals surface area contributed by atoms with Gasteiger partial charge in [-0.2, -0.15) is 13.2 Å². The molecule has 0 aromatic carbocycles. The number of likely N-dealkylation sites (tertiary alicyclic amines) is 1. The monoisotopic (exact) mass is 466 g/mol. The van der Waals surface area contributed by atoms with Crippen LogP contribution in [0, 0.1) is 11.8 Å². The lowest BCUT2D eigenvalue weighted by Gasteiger charge is -2.23. The highest BCUT2D eigenvalue weighted by Crippen LogP contribution is 2.24. The summed E-state index contributed by atoms with van der Waals surface area (Å²) in [5, 5.41) is 3.04. The Morgan fingerprint density at radius 2 is 2.04 bits per heavy atom. The molecule has 1 saturated heterocycles. The highest BCUT2D eigenvalue weighted by atomic mass is 127. The number of nitrogens with zero attached hydrogens (tertiary/aromatic N) is 3. The zero-order chi connectivity index (χ0) is 17.6. The first-order valence-corrected chi connectivity index (χ1v) is 7.46. The number of ether oxygens (including phenoxy) is 1. The minimum Gasteiger partial charge on any atom is -0.469 e. The Hall–Kier alpha value is -0.780. The van der Waals surface area contributed by atoms with E-state index in [4.69, 9.17) is 4.74 Å². The fourth-order valence-electron chi connectivity index (χ4n) is 2.67. The molecule has 24 heavy (non-hydrogen) atoms. The maximum Gasteiger partial charge on any atom is 0.401 e. The first-order chi connectivity index (χ1) is 10.7. The van der Waals surface area contributed by atoms with Crippen molar-refractivity contribution in [2.24, 2.45) is 16.8 Å². The average molecular weight is 466 g/mol. The molecule has 6 nitrogen and oxygen atoms in total. The van der Waals surface area contributed by atoms with Crippen LogP contribution in [0.4, 0.5) is 13.2 Å². The molecule has 1 N–H and O–H groups in total. The summed E-state index contributed by atoms with van der Waals surface area (Å²) in [6, 6.07) is 0. The minimum absolute atomic E-state index is 0. The van der Waals surface area contributed by atoms with Gasteiger partial charge in [-0.25, -0.2) is 0 Å². The summed E-state index contributed by atoms with van der Waals surface area (Å²) in [6.07, 6.45) is -4.20. The number of nitrogens with one attached hydrogen (secondary N) is 1. The van der Waals surface area contributed by atoms with Crippen LogP contribution in [0.2, 0.25) is 0 Å². The molecule has 0 spiro atoms. The second-order valence-electron chi connectivity index (χ2n) is 5.84. The summed E-state index contributed by atoms with van der Waals surface area (Å²) in [5.74, 6) is 0.254. The molecule has 0 radical (unpaired) electrons. The third-order valence-corrected chi connectivity index (χ3v) is 3.85. The van der Waals surface area contributed by atoms with E-state index in [1.165, 1.54) is 19.1 Å². The molecule has 2 unspecified atom stereocenters. The van der Waals surface area contributed by atoms with Crippen LogP contribution in [0.15, 0.2) is 4.99 Å². The van der Waals surface area contributed by atoms with Gasteiger partial charge in [0.1, 0.15) is 0 Å². The number of esters is 1. The van der Waals surface area contributed by atoms with Crippen LogP contribution < -0.4 is 5.32 Å². The molecular formula is C14H26F3IN4O2. The van der Waals surface area contributed by atoms with Crippen molar-refractivity contribution in [3.05, 3.63) is 0 Å².